The van der Waals surface area contributed by atoms with Gasteiger partial charge in [-0.15, -0.1) is 0 Å². The molecule has 6 heteroatoms. The Morgan fingerprint density at radius 3 is 1.37 bits per heavy atom. The van der Waals surface area contributed by atoms with E-state index < -0.39 is 0 Å². The Kier molecular flexibility index (Phi) is 12.2. The first-order valence-electron chi connectivity index (χ1n) is 12.5. The zero-order valence-corrected chi connectivity index (χ0v) is 21.5. The molecule has 0 radical (unpaired) electrons. The summed E-state index contributed by atoms with van der Waals surface area (Å²) in [5.41, 5.74) is 5.54. The van der Waals surface area contributed by atoms with Crippen LogP contribution in [0, 0.1) is 0 Å². The summed E-state index contributed by atoms with van der Waals surface area (Å²) in [7, 11) is 0. The molecule has 0 aliphatic heterocycles. The van der Waals surface area contributed by atoms with Crippen LogP contribution in [0.4, 0.5) is 11.4 Å². The summed E-state index contributed by atoms with van der Waals surface area (Å²) in [5.74, 6) is -0.280. The number of amides is 2. The summed E-state index contributed by atoms with van der Waals surface area (Å²) < 4.78 is 0. The van der Waals surface area contributed by atoms with E-state index in [2.05, 4.69) is 35.1 Å². The summed E-state index contributed by atoms with van der Waals surface area (Å²) >= 11 is 0. The third-order valence-corrected chi connectivity index (χ3v) is 5.41. The van der Waals surface area contributed by atoms with Crippen molar-refractivity contribution < 1.29 is 9.59 Å². The van der Waals surface area contributed by atoms with Crippen LogP contribution in [-0.2, 0) is 16.0 Å². The van der Waals surface area contributed by atoms with Crippen LogP contribution >= 0.6 is 0 Å². The second-order valence-corrected chi connectivity index (χ2v) is 8.76. The highest BCUT2D eigenvalue weighted by Crippen LogP contribution is 2.16. The monoisotopic (exact) mass is 476 g/mol. The largest absolute Gasteiger partial charge is 0.388 e. The number of nitrogens with one attached hydrogen (secondary N) is 4. The smallest absolute Gasteiger partial charge is 0.250 e. The van der Waals surface area contributed by atoms with Crippen LogP contribution in [0.1, 0.15) is 64.5 Å². The molecular formula is C29H40N4O2. The summed E-state index contributed by atoms with van der Waals surface area (Å²) in [5, 5.41) is 12.3. The number of hydrogen-bond acceptors (Lipinski definition) is 4. The number of benzene rings is 2. The van der Waals surface area contributed by atoms with Crippen molar-refractivity contribution in [3.63, 3.8) is 0 Å². The number of carbonyl (C=O) groups excluding carboxylic acids is 2. The molecule has 0 aliphatic rings. The third-order valence-electron chi connectivity index (χ3n) is 5.41. The van der Waals surface area contributed by atoms with Crippen molar-refractivity contribution in [2.45, 2.75) is 59.8 Å². The Morgan fingerprint density at radius 2 is 1.03 bits per heavy atom. The van der Waals surface area contributed by atoms with Crippen molar-refractivity contribution in [1.82, 2.24) is 10.6 Å². The fraction of sp³-hybridized carbons (Fsp3) is 0.379. The summed E-state index contributed by atoms with van der Waals surface area (Å²) in [4.78, 5) is 24.4. The van der Waals surface area contributed by atoms with E-state index >= 15 is 0 Å². The molecule has 0 heterocycles. The highest BCUT2D eigenvalue weighted by molar-refractivity contribution is 6.00. The molecule has 4 N–H and O–H groups in total. The van der Waals surface area contributed by atoms with Gasteiger partial charge in [-0.2, -0.15) is 0 Å². The number of hydrogen-bond donors (Lipinski definition) is 4. The fourth-order valence-corrected chi connectivity index (χ4v) is 3.42. The highest BCUT2D eigenvalue weighted by atomic mass is 16.2. The maximum Gasteiger partial charge on any atom is 0.250 e. The summed E-state index contributed by atoms with van der Waals surface area (Å²) in [6.45, 7) is 9.83. The van der Waals surface area contributed by atoms with E-state index in [4.69, 9.17) is 0 Å². The van der Waals surface area contributed by atoms with Crippen LogP contribution < -0.4 is 21.3 Å². The molecule has 0 atom stereocenters. The number of carbonyl (C=O) groups is 2. The predicted molar refractivity (Wildman–Crippen MR) is 146 cm³/mol. The molecule has 0 aromatic heterocycles. The van der Waals surface area contributed by atoms with Gasteiger partial charge in [-0.3, -0.25) is 9.59 Å². The van der Waals surface area contributed by atoms with Gasteiger partial charge in [0.15, 0.2) is 0 Å². The van der Waals surface area contributed by atoms with E-state index in [1.807, 2.05) is 62.4 Å². The number of unbranched alkanes of at least 4 members (excludes halogenated alkanes) is 2. The molecule has 2 aromatic carbocycles. The quantitative estimate of drug-likeness (QED) is 0.207. The molecule has 188 valence electrons. The first-order valence-corrected chi connectivity index (χ1v) is 12.5. The number of rotatable bonds is 14. The van der Waals surface area contributed by atoms with Crippen LogP contribution in [0.25, 0.3) is 0 Å². The lowest BCUT2D eigenvalue weighted by Gasteiger charge is -2.08. The van der Waals surface area contributed by atoms with Crippen molar-refractivity contribution in [1.29, 1.82) is 0 Å². The average Bonchev–Trinajstić information content (AvgIpc) is 2.82. The van der Waals surface area contributed by atoms with Gasteiger partial charge in [-0.1, -0.05) is 51.0 Å². The first kappa shape index (κ1) is 27.7. The van der Waals surface area contributed by atoms with Crippen LogP contribution in [0.15, 0.2) is 72.1 Å². The standard InChI is InChI=1S/C29H40N4O2/c1-5-7-17-30-22(3)19-28(34)32-26-13-9-24(10-14-26)21-25-11-15-27(16-12-25)33-29(35)20-23(4)31-18-8-6-2/h9-16,19-20,30-31H,5-8,17-18,21H2,1-4H3,(H,32,34)(H,33,35)/b22-19-,23-20-. The molecule has 0 bridgehead atoms. The van der Waals surface area contributed by atoms with Crippen molar-refractivity contribution in [2.24, 2.45) is 0 Å². The number of allylic oxidation sites excluding steroid dienone is 2. The molecule has 0 fully saturated rings. The lowest BCUT2D eigenvalue weighted by Crippen LogP contribution is -2.16. The van der Waals surface area contributed by atoms with Gasteiger partial charge in [0, 0.05) is 48.0 Å². The normalized spacial score (nSPS) is 11.7. The van der Waals surface area contributed by atoms with Crippen molar-refractivity contribution in [3.05, 3.63) is 83.2 Å². The molecule has 0 saturated carbocycles. The van der Waals surface area contributed by atoms with E-state index in [1.165, 1.54) is 0 Å². The van der Waals surface area contributed by atoms with Crippen molar-refractivity contribution in [2.75, 3.05) is 23.7 Å². The Hall–Kier alpha value is -3.54. The molecule has 2 rings (SSSR count). The lowest BCUT2D eigenvalue weighted by atomic mass is 10.0. The van der Waals surface area contributed by atoms with Gasteiger partial charge < -0.3 is 21.3 Å². The zero-order valence-electron chi connectivity index (χ0n) is 21.5. The molecular weight excluding hydrogens is 436 g/mol. The van der Waals surface area contributed by atoms with E-state index in [0.717, 1.165) is 79.1 Å². The molecule has 0 aliphatic carbocycles. The van der Waals surface area contributed by atoms with E-state index in [0.29, 0.717) is 0 Å². The van der Waals surface area contributed by atoms with Gasteiger partial charge in [0.1, 0.15) is 0 Å². The molecule has 0 unspecified atom stereocenters. The minimum Gasteiger partial charge on any atom is -0.388 e. The summed E-state index contributed by atoms with van der Waals surface area (Å²) in [6, 6.07) is 15.7. The van der Waals surface area contributed by atoms with Crippen molar-refractivity contribution in [3.8, 4) is 0 Å². The van der Waals surface area contributed by atoms with E-state index in [-0.39, 0.29) is 11.8 Å². The zero-order chi connectivity index (χ0) is 25.5. The Labute approximate surface area is 210 Å². The maximum atomic E-state index is 12.2. The van der Waals surface area contributed by atoms with Gasteiger partial charge in [0.2, 0.25) is 11.8 Å². The number of anilines is 2. The van der Waals surface area contributed by atoms with Crippen LogP contribution in [0.3, 0.4) is 0 Å². The highest BCUT2D eigenvalue weighted by Gasteiger charge is 2.03. The van der Waals surface area contributed by atoms with Crippen molar-refractivity contribution >= 4 is 23.2 Å². The van der Waals surface area contributed by atoms with Crippen LogP contribution in [0.2, 0.25) is 0 Å². The topological polar surface area (TPSA) is 82.3 Å². The second kappa shape index (κ2) is 15.4. The Bertz CT molecular complexity index is 911. The van der Waals surface area contributed by atoms with Gasteiger partial charge in [0.25, 0.3) is 0 Å². The Morgan fingerprint density at radius 1 is 0.657 bits per heavy atom. The van der Waals surface area contributed by atoms with E-state index in [9.17, 15) is 9.59 Å². The SMILES string of the molecule is CCCCN/C(C)=C\C(=O)Nc1ccc(Cc2ccc(NC(=O)/C=C(/C)NCCCC)cc2)cc1. The molecule has 35 heavy (non-hydrogen) atoms. The minimum absolute atomic E-state index is 0.140. The predicted octanol–water partition coefficient (Wildman–Crippen LogP) is 5.74. The lowest BCUT2D eigenvalue weighted by molar-refractivity contribution is -0.112. The summed E-state index contributed by atoms with van der Waals surface area (Å²) in [6.07, 6.45) is 8.35. The van der Waals surface area contributed by atoms with E-state index in [1.54, 1.807) is 12.2 Å². The molecule has 2 amide bonds. The van der Waals surface area contributed by atoms with Crippen LogP contribution in [-0.4, -0.2) is 24.9 Å². The van der Waals surface area contributed by atoms with Gasteiger partial charge in [0.05, 0.1) is 0 Å². The first-order chi connectivity index (χ1) is 16.9. The fourth-order valence-electron chi connectivity index (χ4n) is 3.42. The average molecular weight is 477 g/mol. The van der Waals surface area contributed by atoms with Gasteiger partial charge >= 0.3 is 0 Å². The second-order valence-electron chi connectivity index (χ2n) is 8.76. The molecule has 0 spiro atoms. The maximum absolute atomic E-state index is 12.2. The van der Waals surface area contributed by atoms with Gasteiger partial charge in [-0.25, -0.2) is 0 Å². The minimum atomic E-state index is -0.140. The third kappa shape index (κ3) is 11.4. The molecule has 6 nitrogen and oxygen atoms in total. The molecule has 2 aromatic rings. The van der Waals surface area contributed by atoms with Crippen LogP contribution in [0.5, 0.6) is 0 Å². The Balaban J connectivity index is 1.84. The molecule has 0 saturated heterocycles. The van der Waals surface area contributed by atoms with Gasteiger partial charge in [-0.05, 0) is 68.5 Å².